The van der Waals surface area contributed by atoms with Crippen molar-refractivity contribution in [3.8, 4) is 0 Å². The molecule has 1 aliphatic heterocycles. The predicted octanol–water partition coefficient (Wildman–Crippen LogP) is 0.924. The molecule has 86 valence electrons. The van der Waals surface area contributed by atoms with E-state index in [9.17, 15) is 0 Å². The number of hydrazine groups is 1. The summed E-state index contributed by atoms with van der Waals surface area (Å²) in [5.74, 6) is 0.738. The zero-order chi connectivity index (χ0) is 11.4. The third-order valence-corrected chi connectivity index (χ3v) is 2.74. The number of piperidine rings is 1. The van der Waals surface area contributed by atoms with Crippen molar-refractivity contribution in [3.05, 3.63) is 18.1 Å². The van der Waals surface area contributed by atoms with E-state index < -0.39 is 0 Å². The molecule has 0 aromatic carbocycles. The highest BCUT2D eigenvalue weighted by molar-refractivity contribution is 7.80. The van der Waals surface area contributed by atoms with Crippen LogP contribution in [0.5, 0.6) is 0 Å². The second-order valence-electron chi connectivity index (χ2n) is 3.81. The maximum absolute atomic E-state index is 5.45. The number of aromatic nitrogens is 2. The van der Waals surface area contributed by atoms with Gasteiger partial charge in [0.25, 0.3) is 0 Å². The van der Waals surface area contributed by atoms with E-state index in [4.69, 9.17) is 18.0 Å². The minimum absolute atomic E-state index is 0.275. The minimum atomic E-state index is 0.275. The number of nitrogens with one attached hydrogen (secondary N) is 1. The lowest BCUT2D eigenvalue weighted by molar-refractivity contribution is 0.272. The second-order valence-corrected chi connectivity index (χ2v) is 4.25. The van der Waals surface area contributed by atoms with Crippen LogP contribution in [-0.4, -0.2) is 33.1 Å². The molecule has 2 rings (SSSR count). The molecule has 16 heavy (non-hydrogen) atoms. The lowest BCUT2D eigenvalue weighted by atomic mass is 10.2. The van der Waals surface area contributed by atoms with E-state index in [1.54, 1.807) is 12.4 Å². The van der Waals surface area contributed by atoms with Crippen molar-refractivity contribution in [1.29, 1.82) is 0 Å². The zero-order valence-corrected chi connectivity index (χ0v) is 9.83. The third-order valence-electron chi connectivity index (χ3n) is 2.53. The Morgan fingerprint density at radius 2 is 2.00 bits per heavy atom. The van der Waals surface area contributed by atoms with Crippen LogP contribution in [-0.2, 0) is 0 Å². The molecule has 1 aliphatic rings. The molecule has 5 nitrogen and oxygen atoms in total. The van der Waals surface area contributed by atoms with Gasteiger partial charge in [-0.05, 0) is 12.8 Å². The van der Waals surface area contributed by atoms with Gasteiger partial charge in [-0.3, -0.25) is 0 Å². The van der Waals surface area contributed by atoms with Crippen LogP contribution in [0.15, 0.2) is 12.4 Å². The smallest absolute Gasteiger partial charge is 0.158 e. The van der Waals surface area contributed by atoms with Gasteiger partial charge < -0.3 is 11.2 Å². The number of thiocarbonyl (C=S) groups is 1. The predicted molar refractivity (Wildman–Crippen MR) is 67.0 cm³/mol. The fourth-order valence-corrected chi connectivity index (χ4v) is 1.79. The van der Waals surface area contributed by atoms with Gasteiger partial charge in [-0.25, -0.2) is 15.0 Å². The van der Waals surface area contributed by atoms with Gasteiger partial charge in [0.2, 0.25) is 0 Å². The SMILES string of the molecule is NC(=S)c1cnc(NN2CCCCC2)cn1. The molecule has 1 saturated heterocycles. The van der Waals surface area contributed by atoms with Crippen LogP contribution in [0.3, 0.4) is 0 Å². The van der Waals surface area contributed by atoms with Crippen molar-refractivity contribution in [2.75, 3.05) is 18.5 Å². The Morgan fingerprint density at radius 3 is 2.56 bits per heavy atom. The van der Waals surface area contributed by atoms with Gasteiger partial charge in [0, 0.05) is 13.1 Å². The summed E-state index contributed by atoms with van der Waals surface area (Å²) in [6.07, 6.45) is 7.01. The summed E-state index contributed by atoms with van der Waals surface area (Å²) in [4.78, 5) is 8.61. The van der Waals surface area contributed by atoms with E-state index in [1.165, 1.54) is 19.3 Å². The Bertz CT molecular complexity index is 358. The van der Waals surface area contributed by atoms with Crippen LogP contribution in [0, 0.1) is 0 Å². The van der Waals surface area contributed by atoms with Gasteiger partial charge in [0.05, 0.1) is 12.4 Å². The Kier molecular flexibility index (Phi) is 3.63. The quantitative estimate of drug-likeness (QED) is 0.762. The Labute approximate surface area is 100 Å². The van der Waals surface area contributed by atoms with Gasteiger partial charge >= 0.3 is 0 Å². The highest BCUT2D eigenvalue weighted by Gasteiger charge is 2.10. The lowest BCUT2D eigenvalue weighted by Crippen LogP contribution is -2.35. The average molecular weight is 237 g/mol. The molecular weight excluding hydrogens is 222 g/mol. The zero-order valence-electron chi connectivity index (χ0n) is 9.02. The summed E-state index contributed by atoms with van der Waals surface area (Å²) in [6, 6.07) is 0. The number of anilines is 1. The first kappa shape index (κ1) is 11.2. The monoisotopic (exact) mass is 237 g/mol. The van der Waals surface area contributed by atoms with Gasteiger partial charge in [-0.2, -0.15) is 0 Å². The molecule has 6 heteroatoms. The summed E-state index contributed by atoms with van der Waals surface area (Å²) >= 11 is 4.81. The molecule has 2 heterocycles. The second kappa shape index (κ2) is 5.18. The molecule has 1 fully saturated rings. The fraction of sp³-hybridized carbons (Fsp3) is 0.500. The van der Waals surface area contributed by atoms with Crippen LogP contribution >= 0.6 is 12.2 Å². The Morgan fingerprint density at radius 1 is 1.25 bits per heavy atom. The number of hydrogen-bond donors (Lipinski definition) is 2. The lowest BCUT2D eigenvalue weighted by Gasteiger charge is -2.27. The maximum Gasteiger partial charge on any atom is 0.158 e. The minimum Gasteiger partial charge on any atom is -0.388 e. The molecular formula is C10H15N5S. The van der Waals surface area contributed by atoms with E-state index in [-0.39, 0.29) is 4.99 Å². The van der Waals surface area contributed by atoms with Gasteiger partial charge in [0.15, 0.2) is 5.82 Å². The summed E-state index contributed by atoms with van der Waals surface area (Å²) in [5.41, 5.74) is 9.22. The molecule has 0 radical (unpaired) electrons. The summed E-state index contributed by atoms with van der Waals surface area (Å²) in [7, 11) is 0. The number of hydrogen-bond acceptors (Lipinski definition) is 5. The van der Waals surface area contributed by atoms with Crippen molar-refractivity contribution in [1.82, 2.24) is 15.0 Å². The van der Waals surface area contributed by atoms with Crippen molar-refractivity contribution in [2.24, 2.45) is 5.73 Å². The van der Waals surface area contributed by atoms with Crippen LogP contribution in [0.1, 0.15) is 25.0 Å². The van der Waals surface area contributed by atoms with Crippen molar-refractivity contribution in [2.45, 2.75) is 19.3 Å². The number of rotatable bonds is 3. The molecule has 1 aromatic heterocycles. The highest BCUT2D eigenvalue weighted by atomic mass is 32.1. The standard InChI is InChI=1S/C10H15N5S/c11-10(16)8-6-13-9(7-12-8)14-15-4-2-1-3-5-15/h6-7H,1-5H2,(H2,11,16)(H,13,14). The van der Waals surface area contributed by atoms with Crippen molar-refractivity contribution in [3.63, 3.8) is 0 Å². The average Bonchev–Trinajstić information content (AvgIpc) is 2.31. The Balaban J connectivity index is 1.96. The van der Waals surface area contributed by atoms with E-state index in [2.05, 4.69) is 20.4 Å². The first-order valence-electron chi connectivity index (χ1n) is 5.39. The first-order chi connectivity index (χ1) is 7.75. The summed E-state index contributed by atoms with van der Waals surface area (Å²) in [6.45, 7) is 2.11. The fourth-order valence-electron chi connectivity index (χ4n) is 1.68. The highest BCUT2D eigenvalue weighted by Crippen LogP contribution is 2.10. The summed E-state index contributed by atoms with van der Waals surface area (Å²) < 4.78 is 0. The van der Waals surface area contributed by atoms with Gasteiger partial charge in [-0.15, -0.1) is 0 Å². The molecule has 0 unspecified atom stereocenters. The first-order valence-corrected chi connectivity index (χ1v) is 5.80. The Hall–Kier alpha value is -1.27. The number of nitrogens with two attached hydrogens (primary N) is 1. The maximum atomic E-state index is 5.45. The molecule has 3 N–H and O–H groups in total. The largest absolute Gasteiger partial charge is 0.388 e. The molecule has 0 aliphatic carbocycles. The molecule has 0 spiro atoms. The van der Waals surface area contributed by atoms with Gasteiger partial charge in [0.1, 0.15) is 10.7 Å². The van der Waals surface area contributed by atoms with Gasteiger partial charge in [-0.1, -0.05) is 18.6 Å². The van der Waals surface area contributed by atoms with Crippen molar-refractivity contribution >= 4 is 23.0 Å². The van der Waals surface area contributed by atoms with Crippen LogP contribution in [0.4, 0.5) is 5.82 Å². The van der Waals surface area contributed by atoms with E-state index in [0.29, 0.717) is 5.69 Å². The number of nitrogens with zero attached hydrogens (tertiary/aromatic N) is 3. The summed E-state index contributed by atoms with van der Waals surface area (Å²) in [5, 5.41) is 2.16. The molecule has 1 aromatic rings. The molecule has 0 atom stereocenters. The van der Waals surface area contributed by atoms with Crippen LogP contribution in [0.2, 0.25) is 0 Å². The molecule has 0 saturated carbocycles. The van der Waals surface area contributed by atoms with E-state index >= 15 is 0 Å². The normalized spacial score (nSPS) is 17.0. The van der Waals surface area contributed by atoms with Crippen molar-refractivity contribution < 1.29 is 0 Å². The topological polar surface area (TPSA) is 67.1 Å². The van der Waals surface area contributed by atoms with Crippen LogP contribution < -0.4 is 11.2 Å². The molecule has 0 bridgehead atoms. The van der Waals surface area contributed by atoms with Crippen LogP contribution in [0.25, 0.3) is 0 Å². The third kappa shape index (κ3) is 2.86. The van der Waals surface area contributed by atoms with E-state index in [0.717, 1.165) is 18.9 Å². The molecule has 0 amide bonds. The van der Waals surface area contributed by atoms with E-state index in [1.807, 2.05) is 0 Å².